The third-order valence-electron chi connectivity index (χ3n) is 6.86. The minimum atomic E-state index is -0.165. The summed E-state index contributed by atoms with van der Waals surface area (Å²) >= 11 is 0. The van der Waals surface area contributed by atoms with E-state index in [2.05, 4.69) is 18.2 Å². The van der Waals surface area contributed by atoms with E-state index in [0.717, 1.165) is 47.9 Å². The summed E-state index contributed by atoms with van der Waals surface area (Å²) in [4.78, 5) is 12.7. The van der Waals surface area contributed by atoms with Gasteiger partial charge < -0.3 is 28.2 Å². The maximum atomic E-state index is 12.7. The van der Waals surface area contributed by atoms with Crippen LogP contribution in [0, 0.1) is 0 Å². The Hall–Kier alpha value is -2.93. The van der Waals surface area contributed by atoms with Gasteiger partial charge in [0.05, 0.1) is 32.9 Å². The molecule has 2 atom stereocenters. The molecule has 0 saturated carbocycles. The van der Waals surface area contributed by atoms with Gasteiger partial charge in [-0.05, 0) is 36.2 Å². The van der Waals surface area contributed by atoms with Gasteiger partial charge in [0, 0.05) is 18.4 Å². The average molecular weight is 426 g/mol. The molecule has 0 saturated heterocycles. The van der Waals surface area contributed by atoms with Crippen LogP contribution in [-0.4, -0.2) is 51.2 Å². The first-order valence-electron chi connectivity index (χ1n) is 10.7. The van der Waals surface area contributed by atoms with E-state index in [-0.39, 0.29) is 18.8 Å². The van der Waals surface area contributed by atoms with E-state index in [1.807, 2.05) is 13.0 Å². The van der Waals surface area contributed by atoms with Crippen LogP contribution in [0.15, 0.2) is 24.3 Å². The zero-order valence-corrected chi connectivity index (χ0v) is 18.2. The molecule has 0 fully saturated rings. The molecule has 0 aromatic heterocycles. The van der Waals surface area contributed by atoms with Crippen molar-refractivity contribution in [1.82, 2.24) is 0 Å². The van der Waals surface area contributed by atoms with Crippen LogP contribution in [0.5, 0.6) is 23.0 Å². The lowest BCUT2D eigenvalue weighted by Gasteiger charge is -2.50. The Morgan fingerprint density at radius 3 is 2.68 bits per heavy atom. The molecule has 3 aliphatic heterocycles. The summed E-state index contributed by atoms with van der Waals surface area (Å²) in [6.07, 6.45) is 1.67. The van der Waals surface area contributed by atoms with Gasteiger partial charge in [0.2, 0.25) is 6.79 Å². The standard InChI is InChI=1S/C24H28NO6/c1-4-29-23(26)13-25-8-7-16-10-21-22(31-14-30-21)11-17(16)19(25)9-15-5-6-20(27-2)24(28-3)18(15)12-25/h5-6,10-11,19H,4,7-9,12-14H2,1-3H3/q+1. The van der Waals surface area contributed by atoms with Gasteiger partial charge in [-0.25, -0.2) is 4.79 Å². The molecule has 3 heterocycles. The topological polar surface area (TPSA) is 63.2 Å². The predicted octanol–water partition coefficient (Wildman–Crippen LogP) is 3.17. The van der Waals surface area contributed by atoms with Crippen LogP contribution in [0.25, 0.3) is 0 Å². The van der Waals surface area contributed by atoms with Crippen LogP contribution in [0.1, 0.15) is 35.2 Å². The first-order valence-corrected chi connectivity index (χ1v) is 10.7. The molecule has 0 aliphatic carbocycles. The first-order chi connectivity index (χ1) is 15.1. The van der Waals surface area contributed by atoms with E-state index >= 15 is 0 Å². The van der Waals surface area contributed by atoms with Crippen LogP contribution < -0.4 is 18.9 Å². The van der Waals surface area contributed by atoms with Crippen molar-refractivity contribution in [2.24, 2.45) is 0 Å². The molecule has 0 amide bonds. The number of quaternary nitrogens is 1. The number of rotatable bonds is 5. The monoisotopic (exact) mass is 426 g/mol. The zero-order valence-electron chi connectivity index (χ0n) is 18.2. The Balaban J connectivity index is 1.63. The Morgan fingerprint density at radius 1 is 1.13 bits per heavy atom. The van der Waals surface area contributed by atoms with E-state index in [4.69, 9.17) is 23.7 Å². The molecule has 7 heteroatoms. The third kappa shape index (κ3) is 3.19. The highest BCUT2D eigenvalue weighted by Gasteiger charge is 2.49. The molecule has 0 spiro atoms. The van der Waals surface area contributed by atoms with Gasteiger partial charge >= 0.3 is 5.97 Å². The van der Waals surface area contributed by atoms with Crippen LogP contribution in [0.4, 0.5) is 0 Å². The summed E-state index contributed by atoms with van der Waals surface area (Å²) in [5.41, 5.74) is 4.85. The molecule has 31 heavy (non-hydrogen) atoms. The quantitative estimate of drug-likeness (QED) is 0.541. The van der Waals surface area contributed by atoms with E-state index in [9.17, 15) is 4.79 Å². The number of nitrogens with zero attached hydrogens (tertiary/aromatic N) is 1. The fourth-order valence-corrected chi connectivity index (χ4v) is 5.44. The fraction of sp³-hybridized carbons (Fsp3) is 0.458. The van der Waals surface area contributed by atoms with Crippen molar-refractivity contribution in [2.45, 2.75) is 32.4 Å². The number of benzene rings is 2. The highest BCUT2D eigenvalue weighted by molar-refractivity contribution is 5.71. The molecular weight excluding hydrogens is 398 g/mol. The molecule has 2 unspecified atom stereocenters. The Bertz CT molecular complexity index is 1040. The summed E-state index contributed by atoms with van der Waals surface area (Å²) in [5, 5.41) is 0. The van der Waals surface area contributed by atoms with E-state index in [1.165, 1.54) is 16.7 Å². The highest BCUT2D eigenvalue weighted by atomic mass is 16.7. The van der Waals surface area contributed by atoms with Gasteiger partial charge in [0.15, 0.2) is 29.5 Å². The summed E-state index contributed by atoms with van der Waals surface area (Å²) in [7, 11) is 3.32. The van der Waals surface area contributed by atoms with Gasteiger partial charge in [0.25, 0.3) is 0 Å². The summed E-state index contributed by atoms with van der Waals surface area (Å²) < 4.78 is 28.6. The molecule has 0 N–H and O–H groups in total. The molecule has 0 radical (unpaired) electrons. The molecule has 7 nitrogen and oxygen atoms in total. The van der Waals surface area contributed by atoms with Crippen LogP contribution in [0.2, 0.25) is 0 Å². The Kier molecular flexibility index (Phi) is 4.93. The lowest BCUT2D eigenvalue weighted by molar-refractivity contribution is -0.967. The number of carbonyl (C=O) groups excluding carboxylic acids is 1. The number of hydrogen-bond donors (Lipinski definition) is 0. The molecule has 3 aliphatic rings. The van der Waals surface area contributed by atoms with Crippen molar-refractivity contribution in [3.05, 3.63) is 46.5 Å². The van der Waals surface area contributed by atoms with Gasteiger partial charge in [-0.2, -0.15) is 0 Å². The summed E-state index contributed by atoms with van der Waals surface area (Å²) in [6, 6.07) is 8.45. The lowest BCUT2D eigenvalue weighted by atomic mass is 9.80. The van der Waals surface area contributed by atoms with Crippen molar-refractivity contribution in [1.29, 1.82) is 0 Å². The minimum Gasteiger partial charge on any atom is -0.493 e. The Morgan fingerprint density at radius 2 is 1.94 bits per heavy atom. The number of methoxy groups -OCH3 is 2. The van der Waals surface area contributed by atoms with Crippen LogP contribution in [-0.2, 0) is 28.9 Å². The van der Waals surface area contributed by atoms with Crippen molar-refractivity contribution in [3.63, 3.8) is 0 Å². The molecule has 2 aromatic rings. The number of fused-ring (bicyclic) bond motifs is 5. The van der Waals surface area contributed by atoms with Crippen LogP contribution in [0.3, 0.4) is 0 Å². The largest absolute Gasteiger partial charge is 0.493 e. The normalized spacial score (nSPS) is 22.7. The van der Waals surface area contributed by atoms with Gasteiger partial charge in [-0.15, -0.1) is 0 Å². The second-order valence-corrected chi connectivity index (χ2v) is 8.38. The second kappa shape index (κ2) is 7.64. The van der Waals surface area contributed by atoms with E-state index in [0.29, 0.717) is 24.2 Å². The number of ether oxygens (including phenoxy) is 5. The lowest BCUT2D eigenvalue weighted by Crippen LogP contribution is -2.58. The number of esters is 1. The fourth-order valence-electron chi connectivity index (χ4n) is 5.44. The van der Waals surface area contributed by atoms with Crippen molar-refractivity contribution >= 4 is 5.97 Å². The van der Waals surface area contributed by atoms with Gasteiger partial charge in [-0.1, -0.05) is 6.07 Å². The van der Waals surface area contributed by atoms with Gasteiger partial charge in [0.1, 0.15) is 12.6 Å². The summed E-state index contributed by atoms with van der Waals surface area (Å²) in [6.45, 7) is 4.34. The van der Waals surface area contributed by atoms with Crippen molar-refractivity contribution < 1.29 is 33.0 Å². The smallest absolute Gasteiger partial charge is 0.361 e. The third-order valence-corrected chi connectivity index (χ3v) is 6.86. The minimum absolute atomic E-state index is 0.133. The Labute approximate surface area is 182 Å². The highest BCUT2D eigenvalue weighted by Crippen LogP contribution is 2.50. The van der Waals surface area contributed by atoms with Crippen molar-refractivity contribution in [2.75, 3.05) is 40.7 Å². The number of carbonyl (C=O) groups is 1. The molecule has 2 aromatic carbocycles. The van der Waals surface area contributed by atoms with E-state index < -0.39 is 0 Å². The average Bonchev–Trinajstić information content (AvgIpc) is 3.23. The molecular formula is C24H28NO6+. The molecule has 164 valence electrons. The van der Waals surface area contributed by atoms with Crippen molar-refractivity contribution in [3.8, 4) is 23.0 Å². The maximum absolute atomic E-state index is 12.7. The molecule has 0 bridgehead atoms. The number of hydrogen-bond acceptors (Lipinski definition) is 6. The maximum Gasteiger partial charge on any atom is 0.361 e. The first kappa shape index (κ1) is 20.0. The zero-order chi connectivity index (χ0) is 21.6. The van der Waals surface area contributed by atoms with E-state index in [1.54, 1.807) is 14.2 Å². The molecule has 5 rings (SSSR count). The van der Waals surface area contributed by atoms with Gasteiger partial charge in [-0.3, -0.25) is 0 Å². The van der Waals surface area contributed by atoms with Crippen LogP contribution >= 0.6 is 0 Å². The summed E-state index contributed by atoms with van der Waals surface area (Å²) in [5.74, 6) is 2.91. The second-order valence-electron chi connectivity index (χ2n) is 8.38. The predicted molar refractivity (Wildman–Crippen MR) is 113 cm³/mol. The SMILES string of the molecule is CCOC(=O)C[N+]12CCc3cc4c(cc3C1Cc1ccc(OC)c(OC)c1C2)OCO4.